The summed E-state index contributed by atoms with van der Waals surface area (Å²) in [4.78, 5) is 0. The molecule has 2 aliphatic rings. The zero-order valence-electron chi connectivity index (χ0n) is 10.6. The first-order chi connectivity index (χ1) is 5.82. The Morgan fingerprint density at radius 2 is 1.79 bits per heavy atom. The van der Waals surface area contributed by atoms with Gasteiger partial charge in [0.25, 0.3) is 0 Å². The third kappa shape index (κ3) is 1.05. The minimum Gasteiger partial charge on any atom is -0.241 e. The van der Waals surface area contributed by atoms with Gasteiger partial charge < -0.3 is 0 Å². The van der Waals surface area contributed by atoms with E-state index in [2.05, 4.69) is 41.2 Å². The van der Waals surface area contributed by atoms with Crippen LogP contribution in [-0.2, 0) is 0 Å². The number of rotatable bonds is 0. The fourth-order valence-corrected chi connectivity index (χ4v) is 3.49. The van der Waals surface area contributed by atoms with Gasteiger partial charge in [0.2, 0.25) is 0 Å². The van der Waals surface area contributed by atoms with E-state index in [0.717, 1.165) is 11.8 Å². The van der Waals surface area contributed by atoms with Crippen molar-refractivity contribution in [3.05, 3.63) is 18.1 Å². The summed E-state index contributed by atoms with van der Waals surface area (Å²) in [6.45, 7) is 16.2. The second kappa shape index (κ2) is 3.10. The van der Waals surface area contributed by atoms with Crippen molar-refractivity contribution in [2.45, 2.75) is 41.0 Å². The van der Waals surface area contributed by atoms with Gasteiger partial charge in [0.1, 0.15) is 0 Å². The van der Waals surface area contributed by atoms with E-state index in [9.17, 15) is 0 Å². The molecule has 0 aromatic rings. The Labute approximate surface area is 101 Å². The third-order valence-electron chi connectivity index (χ3n) is 5.43. The molecule has 1 heteroatoms. The quantitative estimate of drug-likeness (QED) is 0.386. The molecule has 3 atom stereocenters. The number of hydrogen-bond donors (Lipinski definition) is 0. The molecule has 2 rings (SSSR count). The van der Waals surface area contributed by atoms with Gasteiger partial charge in [0, 0.05) is 0 Å². The SMILES string of the molecule is C=C1[C-]2CC(C)(C(C)C2C)C1(C)C.[Li+]. The molecule has 0 nitrogen and oxygen atoms in total. The van der Waals surface area contributed by atoms with Crippen molar-refractivity contribution in [2.24, 2.45) is 22.7 Å². The maximum atomic E-state index is 4.28. The van der Waals surface area contributed by atoms with E-state index in [-0.39, 0.29) is 18.9 Å². The van der Waals surface area contributed by atoms with Crippen LogP contribution in [0.4, 0.5) is 0 Å². The fourth-order valence-electron chi connectivity index (χ4n) is 3.49. The van der Waals surface area contributed by atoms with Crippen LogP contribution in [-0.4, -0.2) is 0 Å². The molecule has 0 amide bonds. The fraction of sp³-hybridized carbons (Fsp3) is 0.769. The molecule has 0 heterocycles. The van der Waals surface area contributed by atoms with E-state index < -0.39 is 0 Å². The Morgan fingerprint density at radius 3 is 2.14 bits per heavy atom. The predicted octanol–water partition coefficient (Wildman–Crippen LogP) is 0.843. The van der Waals surface area contributed by atoms with Crippen LogP contribution in [0.5, 0.6) is 0 Å². The van der Waals surface area contributed by atoms with Gasteiger partial charge in [0.15, 0.2) is 0 Å². The molecule has 0 aliphatic heterocycles. The van der Waals surface area contributed by atoms with Crippen LogP contribution < -0.4 is 18.9 Å². The van der Waals surface area contributed by atoms with Crippen molar-refractivity contribution in [3.8, 4) is 0 Å². The monoisotopic (exact) mass is 184 g/mol. The van der Waals surface area contributed by atoms with Crippen molar-refractivity contribution in [2.75, 3.05) is 0 Å². The molecule has 0 N–H and O–H groups in total. The molecule has 2 bridgehead atoms. The van der Waals surface area contributed by atoms with E-state index >= 15 is 0 Å². The summed E-state index contributed by atoms with van der Waals surface area (Å²) in [6.07, 6.45) is 1.29. The maximum Gasteiger partial charge on any atom is 1.00 e. The van der Waals surface area contributed by atoms with Crippen LogP contribution in [0.2, 0.25) is 0 Å². The van der Waals surface area contributed by atoms with Crippen LogP contribution in [0.3, 0.4) is 0 Å². The van der Waals surface area contributed by atoms with Gasteiger partial charge in [-0.05, 0) is 16.7 Å². The summed E-state index contributed by atoms with van der Waals surface area (Å²) < 4.78 is 0. The van der Waals surface area contributed by atoms with Gasteiger partial charge in [-0.1, -0.05) is 47.0 Å². The van der Waals surface area contributed by atoms with E-state index in [1.807, 2.05) is 0 Å². The maximum absolute atomic E-state index is 4.28. The molecule has 2 aliphatic carbocycles. The molecular weight excluding hydrogens is 163 g/mol. The smallest absolute Gasteiger partial charge is 0.241 e. The first-order valence-electron chi connectivity index (χ1n) is 5.38. The molecule has 0 aromatic heterocycles. The molecule has 2 saturated carbocycles. The summed E-state index contributed by atoms with van der Waals surface area (Å²) in [5, 5.41) is 0. The van der Waals surface area contributed by atoms with Crippen LogP contribution in [0.25, 0.3) is 0 Å². The van der Waals surface area contributed by atoms with E-state index in [0.29, 0.717) is 10.8 Å². The van der Waals surface area contributed by atoms with Crippen LogP contribution in [0.15, 0.2) is 12.2 Å². The molecule has 0 spiro atoms. The van der Waals surface area contributed by atoms with Crippen molar-refractivity contribution in [1.82, 2.24) is 0 Å². The van der Waals surface area contributed by atoms with Gasteiger partial charge >= 0.3 is 18.9 Å². The van der Waals surface area contributed by atoms with Crippen molar-refractivity contribution < 1.29 is 18.9 Å². The largest absolute Gasteiger partial charge is 1.00 e. The summed E-state index contributed by atoms with van der Waals surface area (Å²) in [6, 6.07) is 0. The second-order valence-corrected chi connectivity index (χ2v) is 5.80. The Hall–Kier alpha value is 0.207. The van der Waals surface area contributed by atoms with Crippen molar-refractivity contribution >= 4 is 0 Å². The Kier molecular flexibility index (Phi) is 2.72. The first kappa shape index (κ1) is 12.3. The molecule has 0 saturated heterocycles. The normalized spacial score (nSPS) is 44.1. The summed E-state index contributed by atoms with van der Waals surface area (Å²) in [5.41, 5.74) is 2.23. The zero-order valence-corrected chi connectivity index (χ0v) is 10.6. The summed E-state index contributed by atoms with van der Waals surface area (Å²) in [5.74, 6) is 3.24. The standard InChI is InChI=1S/C13H21.Li/c1-8-9(2)13(6)7-11(8)10(3)12(13,4)5;/h8-9H,3,7H2,1-2,4-6H3;/q-1;+1. The van der Waals surface area contributed by atoms with E-state index in [1.165, 1.54) is 12.0 Å². The minimum atomic E-state index is 0. The van der Waals surface area contributed by atoms with E-state index in [4.69, 9.17) is 0 Å². The molecule has 0 radical (unpaired) electrons. The number of hydrogen-bond acceptors (Lipinski definition) is 0. The van der Waals surface area contributed by atoms with Crippen LogP contribution in [0, 0.1) is 28.6 Å². The molecular formula is C13H21Li. The van der Waals surface area contributed by atoms with Crippen molar-refractivity contribution in [3.63, 3.8) is 0 Å². The minimum absolute atomic E-state index is 0. The third-order valence-corrected chi connectivity index (χ3v) is 5.43. The molecule has 74 valence electrons. The first-order valence-corrected chi connectivity index (χ1v) is 5.38. The van der Waals surface area contributed by atoms with Gasteiger partial charge in [-0.25, -0.2) is 18.1 Å². The Morgan fingerprint density at radius 1 is 1.29 bits per heavy atom. The summed E-state index contributed by atoms with van der Waals surface area (Å²) >= 11 is 0. The zero-order chi connectivity index (χ0) is 10.0. The molecule has 14 heavy (non-hydrogen) atoms. The average molecular weight is 184 g/mol. The van der Waals surface area contributed by atoms with Crippen molar-refractivity contribution in [1.29, 1.82) is 0 Å². The Bertz CT molecular complexity index is 266. The van der Waals surface area contributed by atoms with Gasteiger partial charge in [-0.2, -0.15) is 0 Å². The summed E-state index contributed by atoms with van der Waals surface area (Å²) in [7, 11) is 0. The second-order valence-electron chi connectivity index (χ2n) is 5.80. The van der Waals surface area contributed by atoms with Gasteiger partial charge in [-0.3, -0.25) is 0 Å². The van der Waals surface area contributed by atoms with E-state index in [1.54, 1.807) is 5.92 Å². The topological polar surface area (TPSA) is 0 Å². The predicted molar refractivity (Wildman–Crippen MR) is 57.2 cm³/mol. The van der Waals surface area contributed by atoms with Crippen LogP contribution in [0.1, 0.15) is 41.0 Å². The average Bonchev–Trinajstić information content (AvgIpc) is 2.37. The number of fused-ring (bicyclic) bond motifs is 2. The molecule has 2 fully saturated rings. The molecule has 3 unspecified atom stereocenters. The number of allylic oxidation sites excluding steroid dienone is 1. The Balaban J connectivity index is 0.000000980. The molecule has 0 aromatic carbocycles. The van der Waals surface area contributed by atoms with Gasteiger partial charge in [0.05, 0.1) is 0 Å². The van der Waals surface area contributed by atoms with Crippen LogP contribution >= 0.6 is 0 Å². The van der Waals surface area contributed by atoms with Gasteiger partial charge in [-0.15, -0.1) is 0 Å².